The predicted octanol–water partition coefficient (Wildman–Crippen LogP) is 5.91. The maximum absolute atomic E-state index is 12.7. The smallest absolute Gasteiger partial charge is 0.315 e. The Morgan fingerprint density at radius 2 is 1.61 bits per heavy atom. The van der Waals surface area contributed by atoms with Crippen LogP contribution in [0.4, 0.5) is 0 Å². The highest BCUT2D eigenvalue weighted by atomic mass is 16.5. The van der Waals surface area contributed by atoms with Gasteiger partial charge in [-0.05, 0) is 19.4 Å². The maximum atomic E-state index is 12.7. The van der Waals surface area contributed by atoms with E-state index in [1.165, 1.54) is 38.5 Å². The molecule has 0 fully saturated rings. The Labute approximate surface area is 169 Å². The van der Waals surface area contributed by atoms with E-state index in [9.17, 15) is 9.59 Å². The highest BCUT2D eigenvalue weighted by Crippen LogP contribution is 2.33. The van der Waals surface area contributed by atoms with Gasteiger partial charge < -0.3 is 9.47 Å². The predicted molar refractivity (Wildman–Crippen MR) is 111 cm³/mol. The standard InChI is InChI=1S/C24H34O4/c1-3-5-6-7-8-9-10-14-17-20-21(23(25)27-4-2)18-22(28-24(20)26)19-15-12-11-13-16-19/h11-13,15-16,18,20-21H,3-10,14,17H2,1-2H3/t20-,21-/m1/s1. The first-order chi connectivity index (χ1) is 13.7. The van der Waals surface area contributed by atoms with E-state index in [0.29, 0.717) is 18.8 Å². The third kappa shape index (κ3) is 6.81. The fraction of sp³-hybridized carbons (Fsp3) is 0.583. The average Bonchev–Trinajstić information content (AvgIpc) is 2.71. The van der Waals surface area contributed by atoms with Gasteiger partial charge in [-0.1, -0.05) is 88.6 Å². The lowest BCUT2D eigenvalue weighted by molar-refractivity contribution is -0.156. The van der Waals surface area contributed by atoms with Crippen LogP contribution in [-0.2, 0) is 19.1 Å². The third-order valence-electron chi connectivity index (χ3n) is 5.26. The number of cyclic esters (lactones) is 1. The quantitative estimate of drug-likeness (QED) is 0.331. The summed E-state index contributed by atoms with van der Waals surface area (Å²) in [7, 11) is 0. The van der Waals surface area contributed by atoms with Crippen LogP contribution in [0.25, 0.3) is 5.76 Å². The molecule has 1 heterocycles. The minimum atomic E-state index is -0.569. The molecule has 1 aliphatic rings. The molecule has 0 spiro atoms. The van der Waals surface area contributed by atoms with E-state index in [1.54, 1.807) is 13.0 Å². The van der Waals surface area contributed by atoms with E-state index >= 15 is 0 Å². The van der Waals surface area contributed by atoms with Crippen LogP contribution in [0.15, 0.2) is 36.4 Å². The number of benzene rings is 1. The van der Waals surface area contributed by atoms with Gasteiger partial charge in [-0.3, -0.25) is 9.59 Å². The summed E-state index contributed by atoms with van der Waals surface area (Å²) in [5.74, 6) is -1.22. The molecule has 0 aliphatic carbocycles. The number of rotatable bonds is 12. The monoisotopic (exact) mass is 386 g/mol. The lowest BCUT2D eigenvalue weighted by Gasteiger charge is -2.27. The summed E-state index contributed by atoms with van der Waals surface area (Å²) in [6, 6.07) is 9.43. The zero-order valence-corrected chi connectivity index (χ0v) is 17.3. The number of ether oxygens (including phenoxy) is 2. The van der Waals surface area contributed by atoms with Gasteiger partial charge in [0.2, 0.25) is 0 Å². The van der Waals surface area contributed by atoms with Gasteiger partial charge in [0.1, 0.15) is 5.76 Å². The van der Waals surface area contributed by atoms with E-state index < -0.39 is 11.8 Å². The van der Waals surface area contributed by atoms with Crippen LogP contribution < -0.4 is 0 Å². The molecule has 2 atom stereocenters. The number of hydrogen-bond acceptors (Lipinski definition) is 4. The number of carbonyl (C=O) groups excluding carboxylic acids is 2. The molecule has 1 aromatic rings. The van der Waals surface area contributed by atoms with Gasteiger partial charge >= 0.3 is 11.9 Å². The highest BCUT2D eigenvalue weighted by Gasteiger charge is 2.38. The van der Waals surface area contributed by atoms with Crippen LogP contribution in [0.5, 0.6) is 0 Å². The Morgan fingerprint density at radius 3 is 2.25 bits per heavy atom. The lowest BCUT2D eigenvalue weighted by Crippen LogP contribution is -2.34. The van der Waals surface area contributed by atoms with E-state index in [4.69, 9.17) is 9.47 Å². The molecule has 1 aromatic carbocycles. The number of unbranched alkanes of at least 4 members (excludes halogenated alkanes) is 7. The number of hydrogen-bond donors (Lipinski definition) is 0. The normalized spacial score (nSPS) is 19.1. The van der Waals surface area contributed by atoms with Crippen LogP contribution in [-0.4, -0.2) is 18.5 Å². The molecule has 0 bridgehead atoms. The van der Waals surface area contributed by atoms with Crippen LogP contribution in [0, 0.1) is 11.8 Å². The van der Waals surface area contributed by atoms with Gasteiger partial charge in [0.25, 0.3) is 0 Å². The molecule has 28 heavy (non-hydrogen) atoms. The molecule has 4 nitrogen and oxygen atoms in total. The number of esters is 2. The molecule has 0 unspecified atom stereocenters. The van der Waals surface area contributed by atoms with Crippen molar-refractivity contribution in [1.82, 2.24) is 0 Å². The Morgan fingerprint density at radius 1 is 0.964 bits per heavy atom. The van der Waals surface area contributed by atoms with Crippen molar-refractivity contribution in [2.24, 2.45) is 11.8 Å². The van der Waals surface area contributed by atoms with Gasteiger partial charge in [-0.25, -0.2) is 0 Å². The number of carbonyl (C=O) groups is 2. The summed E-state index contributed by atoms with van der Waals surface area (Å²) < 4.78 is 10.8. The van der Waals surface area contributed by atoms with Crippen molar-refractivity contribution in [3.05, 3.63) is 42.0 Å². The molecule has 0 saturated heterocycles. The summed E-state index contributed by atoms with van der Waals surface area (Å²) in [5, 5.41) is 0. The fourth-order valence-corrected chi connectivity index (χ4v) is 3.67. The Bertz CT molecular complexity index is 635. The Kier molecular flexibility index (Phi) is 9.81. The average molecular weight is 387 g/mol. The molecule has 4 heteroatoms. The van der Waals surface area contributed by atoms with Gasteiger partial charge in [-0.2, -0.15) is 0 Å². The van der Waals surface area contributed by atoms with Gasteiger partial charge in [-0.15, -0.1) is 0 Å². The van der Waals surface area contributed by atoms with Crippen LogP contribution >= 0.6 is 0 Å². The minimum absolute atomic E-state index is 0.309. The van der Waals surface area contributed by atoms with E-state index in [0.717, 1.165) is 18.4 Å². The van der Waals surface area contributed by atoms with E-state index in [1.807, 2.05) is 30.3 Å². The minimum Gasteiger partial charge on any atom is -0.466 e. The first-order valence-electron chi connectivity index (χ1n) is 10.8. The largest absolute Gasteiger partial charge is 0.466 e. The first kappa shape index (κ1) is 22.2. The second-order valence-electron chi connectivity index (χ2n) is 7.47. The molecule has 0 amide bonds. The zero-order valence-electron chi connectivity index (χ0n) is 17.3. The molecular weight excluding hydrogens is 352 g/mol. The Balaban J connectivity index is 1.95. The van der Waals surface area contributed by atoms with Crippen LogP contribution in [0.2, 0.25) is 0 Å². The zero-order chi connectivity index (χ0) is 20.2. The fourth-order valence-electron chi connectivity index (χ4n) is 3.67. The summed E-state index contributed by atoms with van der Waals surface area (Å²) in [5.41, 5.74) is 0.802. The second kappa shape index (κ2) is 12.4. The molecular formula is C24H34O4. The van der Waals surface area contributed by atoms with Gasteiger partial charge in [0.05, 0.1) is 18.4 Å². The van der Waals surface area contributed by atoms with Gasteiger partial charge in [0, 0.05) is 5.56 Å². The summed E-state index contributed by atoms with van der Waals surface area (Å²) in [6.45, 7) is 4.32. The maximum Gasteiger partial charge on any atom is 0.315 e. The topological polar surface area (TPSA) is 52.6 Å². The van der Waals surface area contributed by atoms with Crippen molar-refractivity contribution in [1.29, 1.82) is 0 Å². The van der Waals surface area contributed by atoms with Gasteiger partial charge in [0.15, 0.2) is 0 Å². The van der Waals surface area contributed by atoms with Crippen molar-refractivity contribution in [3.63, 3.8) is 0 Å². The van der Waals surface area contributed by atoms with Crippen molar-refractivity contribution in [2.45, 2.75) is 71.6 Å². The lowest BCUT2D eigenvalue weighted by atomic mass is 9.84. The SMILES string of the molecule is CCCCCCCCCC[C@H]1C(=O)OC(c2ccccc2)=C[C@H]1C(=O)OCC. The molecule has 0 N–H and O–H groups in total. The first-order valence-corrected chi connectivity index (χ1v) is 10.8. The molecule has 2 rings (SSSR count). The summed E-state index contributed by atoms with van der Waals surface area (Å²) in [4.78, 5) is 25.2. The molecule has 0 aromatic heterocycles. The summed E-state index contributed by atoms with van der Waals surface area (Å²) >= 11 is 0. The van der Waals surface area contributed by atoms with Crippen molar-refractivity contribution in [2.75, 3.05) is 6.61 Å². The van der Waals surface area contributed by atoms with E-state index in [-0.39, 0.29) is 11.9 Å². The molecule has 154 valence electrons. The van der Waals surface area contributed by atoms with Crippen molar-refractivity contribution >= 4 is 17.7 Å². The Hall–Kier alpha value is -2.10. The van der Waals surface area contributed by atoms with Crippen molar-refractivity contribution in [3.8, 4) is 0 Å². The van der Waals surface area contributed by atoms with Crippen LogP contribution in [0.3, 0.4) is 0 Å². The van der Waals surface area contributed by atoms with Crippen molar-refractivity contribution < 1.29 is 19.1 Å². The molecule has 0 saturated carbocycles. The highest BCUT2D eigenvalue weighted by molar-refractivity contribution is 5.90. The molecule has 1 aliphatic heterocycles. The van der Waals surface area contributed by atoms with Crippen LogP contribution in [0.1, 0.15) is 77.2 Å². The summed E-state index contributed by atoms with van der Waals surface area (Å²) in [6.07, 6.45) is 12.0. The third-order valence-corrected chi connectivity index (χ3v) is 5.26. The van der Waals surface area contributed by atoms with E-state index in [2.05, 4.69) is 6.92 Å². The second-order valence-corrected chi connectivity index (χ2v) is 7.47. The molecule has 0 radical (unpaired) electrons.